The molecule has 3 rings (SSSR count). The van der Waals surface area contributed by atoms with Crippen LogP contribution in [0, 0.1) is 6.92 Å². The Labute approximate surface area is 139 Å². The van der Waals surface area contributed by atoms with Crippen LogP contribution in [0.5, 0.6) is 5.75 Å². The molecule has 0 aliphatic carbocycles. The van der Waals surface area contributed by atoms with Gasteiger partial charge >= 0.3 is 0 Å². The number of benzene rings is 1. The minimum Gasteiger partial charge on any atom is -0.497 e. The van der Waals surface area contributed by atoms with Gasteiger partial charge in [0.1, 0.15) is 5.75 Å². The Hall–Kier alpha value is -2.27. The lowest BCUT2D eigenvalue weighted by Gasteiger charge is -2.05. The molecule has 0 bridgehead atoms. The van der Waals surface area contributed by atoms with Gasteiger partial charge in [-0.1, -0.05) is 0 Å². The molecule has 0 spiro atoms. The van der Waals surface area contributed by atoms with Crippen molar-refractivity contribution in [2.75, 3.05) is 13.7 Å². The zero-order valence-corrected chi connectivity index (χ0v) is 14.3. The van der Waals surface area contributed by atoms with Crippen molar-refractivity contribution in [1.82, 2.24) is 10.3 Å². The zero-order valence-electron chi connectivity index (χ0n) is 13.5. The standard InChI is InChI=1S/C18H20N2O2S/c1-11-4-7-17(23-11)18-14(8-9-19-12(2)21)15-10-13(22-3)5-6-16(15)20-18/h4-7,10,20H,8-9H2,1-3H3,(H,19,21). The number of aromatic nitrogens is 1. The molecule has 23 heavy (non-hydrogen) atoms. The number of aromatic amines is 1. The average molecular weight is 328 g/mol. The predicted molar refractivity (Wildman–Crippen MR) is 95.3 cm³/mol. The van der Waals surface area contributed by atoms with Gasteiger partial charge < -0.3 is 15.0 Å². The second kappa shape index (κ2) is 6.46. The molecule has 0 unspecified atom stereocenters. The van der Waals surface area contributed by atoms with Crippen molar-refractivity contribution in [2.24, 2.45) is 0 Å². The molecule has 2 N–H and O–H groups in total. The maximum atomic E-state index is 11.2. The quantitative estimate of drug-likeness (QED) is 0.746. The van der Waals surface area contributed by atoms with Crippen molar-refractivity contribution in [3.05, 3.63) is 40.8 Å². The summed E-state index contributed by atoms with van der Waals surface area (Å²) in [6.07, 6.45) is 0.777. The van der Waals surface area contributed by atoms with Crippen molar-refractivity contribution in [3.8, 4) is 16.3 Å². The Balaban J connectivity index is 2.07. The summed E-state index contributed by atoms with van der Waals surface area (Å²) < 4.78 is 5.36. The molecule has 0 atom stereocenters. The zero-order chi connectivity index (χ0) is 16.4. The predicted octanol–water partition coefficient (Wildman–Crippen LogP) is 3.89. The Morgan fingerprint density at radius 1 is 1.30 bits per heavy atom. The summed E-state index contributed by atoms with van der Waals surface area (Å²) in [4.78, 5) is 17.2. The van der Waals surface area contributed by atoms with E-state index in [1.165, 1.54) is 15.3 Å². The van der Waals surface area contributed by atoms with Crippen LogP contribution < -0.4 is 10.1 Å². The molecule has 0 aliphatic heterocycles. The number of nitrogens with one attached hydrogen (secondary N) is 2. The largest absolute Gasteiger partial charge is 0.497 e. The second-order valence-electron chi connectivity index (χ2n) is 5.53. The van der Waals surface area contributed by atoms with E-state index in [1.54, 1.807) is 25.4 Å². The number of amides is 1. The number of hydrogen-bond acceptors (Lipinski definition) is 3. The van der Waals surface area contributed by atoms with Crippen molar-refractivity contribution >= 4 is 28.1 Å². The highest BCUT2D eigenvalue weighted by Gasteiger charge is 2.15. The van der Waals surface area contributed by atoms with Crippen LogP contribution in [-0.2, 0) is 11.2 Å². The summed E-state index contributed by atoms with van der Waals surface area (Å²) in [5.41, 5.74) is 3.44. The molecule has 1 aromatic carbocycles. The monoisotopic (exact) mass is 328 g/mol. The number of carbonyl (C=O) groups excluding carboxylic acids is 1. The number of aryl methyl sites for hydroxylation is 1. The lowest BCUT2D eigenvalue weighted by atomic mass is 10.1. The number of H-pyrrole nitrogens is 1. The van der Waals surface area contributed by atoms with Gasteiger partial charge in [-0.3, -0.25) is 4.79 Å². The molecule has 2 aromatic heterocycles. The third kappa shape index (κ3) is 3.24. The van der Waals surface area contributed by atoms with Crippen LogP contribution >= 0.6 is 11.3 Å². The van der Waals surface area contributed by atoms with E-state index >= 15 is 0 Å². The van der Waals surface area contributed by atoms with Crippen LogP contribution in [0.15, 0.2) is 30.3 Å². The first-order valence-electron chi connectivity index (χ1n) is 7.58. The van der Waals surface area contributed by atoms with E-state index in [9.17, 15) is 4.79 Å². The summed E-state index contributed by atoms with van der Waals surface area (Å²) in [7, 11) is 1.67. The Kier molecular flexibility index (Phi) is 4.39. The lowest BCUT2D eigenvalue weighted by Crippen LogP contribution is -2.22. The normalized spacial score (nSPS) is 10.9. The lowest BCUT2D eigenvalue weighted by molar-refractivity contribution is -0.118. The summed E-state index contributed by atoms with van der Waals surface area (Å²) >= 11 is 1.77. The number of ether oxygens (including phenoxy) is 1. The van der Waals surface area contributed by atoms with Gasteiger partial charge in [0, 0.05) is 29.2 Å². The Bertz CT molecular complexity index is 848. The Morgan fingerprint density at radius 3 is 2.78 bits per heavy atom. The highest BCUT2D eigenvalue weighted by molar-refractivity contribution is 7.15. The number of thiophene rings is 1. The smallest absolute Gasteiger partial charge is 0.216 e. The molecular weight excluding hydrogens is 308 g/mol. The minimum absolute atomic E-state index is 0.00376. The molecule has 4 nitrogen and oxygen atoms in total. The fourth-order valence-corrected chi connectivity index (χ4v) is 3.65. The number of hydrogen-bond donors (Lipinski definition) is 2. The molecule has 0 aliphatic rings. The molecule has 5 heteroatoms. The first kappa shape index (κ1) is 15.6. The van der Waals surface area contributed by atoms with Gasteiger partial charge in [-0.2, -0.15) is 0 Å². The summed E-state index contributed by atoms with van der Waals surface area (Å²) in [5.74, 6) is 0.835. The van der Waals surface area contributed by atoms with E-state index in [0.717, 1.165) is 28.8 Å². The molecule has 120 valence electrons. The first-order chi connectivity index (χ1) is 11.1. The van der Waals surface area contributed by atoms with Gasteiger partial charge in [-0.25, -0.2) is 0 Å². The van der Waals surface area contributed by atoms with E-state index in [2.05, 4.69) is 35.4 Å². The Morgan fingerprint density at radius 2 is 2.13 bits per heavy atom. The molecule has 0 fully saturated rings. The molecule has 3 aromatic rings. The molecule has 0 radical (unpaired) electrons. The van der Waals surface area contributed by atoms with Crippen LogP contribution in [0.2, 0.25) is 0 Å². The van der Waals surface area contributed by atoms with Gasteiger partial charge in [0.05, 0.1) is 17.7 Å². The number of rotatable bonds is 5. The van der Waals surface area contributed by atoms with Crippen LogP contribution in [0.25, 0.3) is 21.5 Å². The maximum Gasteiger partial charge on any atom is 0.216 e. The van der Waals surface area contributed by atoms with Crippen LogP contribution in [0.3, 0.4) is 0 Å². The van der Waals surface area contributed by atoms with Gasteiger partial charge in [0.15, 0.2) is 0 Å². The number of methoxy groups -OCH3 is 1. The highest BCUT2D eigenvalue weighted by atomic mass is 32.1. The molecule has 0 saturated heterocycles. The third-order valence-electron chi connectivity index (χ3n) is 3.85. The summed E-state index contributed by atoms with van der Waals surface area (Å²) in [5, 5.41) is 4.03. The van der Waals surface area contributed by atoms with Crippen LogP contribution in [0.4, 0.5) is 0 Å². The van der Waals surface area contributed by atoms with E-state index in [-0.39, 0.29) is 5.91 Å². The number of carbonyl (C=O) groups is 1. The number of fused-ring (bicyclic) bond motifs is 1. The van der Waals surface area contributed by atoms with Crippen molar-refractivity contribution in [2.45, 2.75) is 20.3 Å². The highest BCUT2D eigenvalue weighted by Crippen LogP contribution is 2.35. The van der Waals surface area contributed by atoms with Crippen molar-refractivity contribution < 1.29 is 9.53 Å². The van der Waals surface area contributed by atoms with Gasteiger partial charge in [-0.05, 0) is 49.2 Å². The summed E-state index contributed by atoms with van der Waals surface area (Å²) in [6.45, 7) is 4.27. The van der Waals surface area contributed by atoms with Gasteiger partial charge in [0.25, 0.3) is 0 Å². The van der Waals surface area contributed by atoms with Crippen LogP contribution in [-0.4, -0.2) is 24.5 Å². The fraction of sp³-hybridized carbons (Fsp3) is 0.278. The molecule has 0 saturated carbocycles. The van der Waals surface area contributed by atoms with E-state index in [4.69, 9.17) is 4.74 Å². The topological polar surface area (TPSA) is 54.1 Å². The van der Waals surface area contributed by atoms with E-state index < -0.39 is 0 Å². The van der Waals surface area contributed by atoms with E-state index in [1.807, 2.05) is 12.1 Å². The minimum atomic E-state index is -0.00376. The third-order valence-corrected chi connectivity index (χ3v) is 4.87. The first-order valence-corrected chi connectivity index (χ1v) is 8.40. The fourth-order valence-electron chi connectivity index (χ4n) is 2.76. The van der Waals surface area contributed by atoms with Crippen molar-refractivity contribution in [3.63, 3.8) is 0 Å². The molecular formula is C18H20N2O2S. The second-order valence-corrected chi connectivity index (χ2v) is 6.82. The molecule has 1 amide bonds. The SMILES string of the molecule is COc1ccc2[nH]c(-c3ccc(C)s3)c(CCNC(C)=O)c2c1. The van der Waals surface area contributed by atoms with Crippen LogP contribution in [0.1, 0.15) is 17.4 Å². The van der Waals surface area contributed by atoms with E-state index in [0.29, 0.717) is 6.54 Å². The van der Waals surface area contributed by atoms with Gasteiger partial charge in [0.2, 0.25) is 5.91 Å². The maximum absolute atomic E-state index is 11.2. The van der Waals surface area contributed by atoms with Crippen molar-refractivity contribution in [1.29, 1.82) is 0 Å². The average Bonchev–Trinajstić information content (AvgIpc) is 3.10. The summed E-state index contributed by atoms with van der Waals surface area (Å²) in [6, 6.07) is 10.3. The molecule has 2 heterocycles. The van der Waals surface area contributed by atoms with Gasteiger partial charge in [-0.15, -0.1) is 11.3 Å².